The summed E-state index contributed by atoms with van der Waals surface area (Å²) < 4.78 is 5.90. The fourth-order valence-corrected chi connectivity index (χ4v) is 4.83. The Morgan fingerprint density at radius 3 is 2.86 bits per heavy atom. The summed E-state index contributed by atoms with van der Waals surface area (Å²) in [4.78, 5) is 24.2. The zero-order chi connectivity index (χ0) is 24.4. The monoisotopic (exact) mass is 466 g/mol. The van der Waals surface area contributed by atoms with Gasteiger partial charge < -0.3 is 15.2 Å². The smallest absolute Gasteiger partial charge is 0.327 e. The van der Waals surface area contributed by atoms with E-state index in [9.17, 15) is 14.9 Å². The number of carboxylic acid groups (broad SMARTS) is 1. The fourth-order valence-electron chi connectivity index (χ4n) is 4.83. The maximum absolute atomic E-state index is 13.4. The molecule has 8 heteroatoms. The van der Waals surface area contributed by atoms with Crippen LogP contribution >= 0.6 is 0 Å². The van der Waals surface area contributed by atoms with Gasteiger partial charge in [0.1, 0.15) is 5.75 Å². The van der Waals surface area contributed by atoms with E-state index in [2.05, 4.69) is 27.6 Å². The van der Waals surface area contributed by atoms with Crippen LogP contribution in [0.5, 0.6) is 5.75 Å². The van der Waals surface area contributed by atoms with Crippen molar-refractivity contribution >= 4 is 17.6 Å². The zero-order valence-corrected chi connectivity index (χ0v) is 18.8. The molecule has 2 N–H and O–H groups in total. The molecule has 2 atom stereocenters. The molecule has 1 amide bonds. The first-order chi connectivity index (χ1) is 17.0. The lowest BCUT2D eigenvalue weighted by molar-refractivity contribution is -0.131. The van der Waals surface area contributed by atoms with Gasteiger partial charge in [0.2, 0.25) is 5.91 Å². The van der Waals surface area contributed by atoms with E-state index >= 15 is 0 Å². The average molecular weight is 466 g/mol. The summed E-state index contributed by atoms with van der Waals surface area (Å²) in [5.74, 6) is -0.593. The van der Waals surface area contributed by atoms with Crippen LogP contribution in [0.25, 0.3) is 11.1 Å². The molecule has 3 aromatic rings. The Balaban J connectivity index is 1.41. The lowest BCUT2D eigenvalue weighted by Gasteiger charge is -2.27. The molecule has 0 bridgehead atoms. The summed E-state index contributed by atoms with van der Waals surface area (Å²) in [6, 6.07) is 15.0. The normalized spacial score (nSPS) is 20.0. The molecular weight excluding hydrogens is 444 g/mol. The predicted octanol–water partition coefficient (Wildman–Crippen LogP) is 3.88. The van der Waals surface area contributed by atoms with Gasteiger partial charge in [-0.3, -0.25) is 4.79 Å². The summed E-state index contributed by atoms with van der Waals surface area (Å²) in [7, 11) is 0. The Hall–Kier alpha value is -4.51. The largest absolute Gasteiger partial charge is 0.493 e. The van der Waals surface area contributed by atoms with Gasteiger partial charge in [-0.05, 0) is 60.7 Å². The van der Waals surface area contributed by atoms with Crippen LogP contribution in [-0.2, 0) is 21.4 Å². The third-order valence-corrected chi connectivity index (χ3v) is 6.73. The number of nitrogens with one attached hydrogen (secondary N) is 1. The highest BCUT2D eigenvalue weighted by Gasteiger charge is 2.61. The molecule has 174 valence electrons. The number of carbonyl (C=O) groups is 2. The van der Waals surface area contributed by atoms with Gasteiger partial charge in [0, 0.05) is 34.2 Å². The minimum atomic E-state index is -1.04. The predicted molar refractivity (Wildman–Crippen MR) is 128 cm³/mol. The molecule has 0 radical (unpaired) electrons. The third-order valence-electron chi connectivity index (χ3n) is 6.73. The number of ether oxygens (including phenoxy) is 1. The van der Waals surface area contributed by atoms with Crippen molar-refractivity contribution in [3.05, 3.63) is 83.7 Å². The first-order valence-electron chi connectivity index (χ1n) is 11.3. The highest BCUT2D eigenvalue weighted by Crippen LogP contribution is 2.61. The van der Waals surface area contributed by atoms with Crippen molar-refractivity contribution in [3.63, 3.8) is 0 Å². The number of carbonyl (C=O) groups excluding carboxylic acids is 1. The van der Waals surface area contributed by atoms with E-state index in [-0.39, 0.29) is 17.2 Å². The van der Waals surface area contributed by atoms with Crippen LogP contribution in [0.15, 0.2) is 67.0 Å². The van der Waals surface area contributed by atoms with Crippen LogP contribution < -0.4 is 10.1 Å². The molecule has 35 heavy (non-hydrogen) atoms. The molecule has 2 aromatic carbocycles. The maximum atomic E-state index is 13.4. The Bertz CT molecular complexity index is 1380. The number of hydrogen-bond acceptors (Lipinski definition) is 6. The van der Waals surface area contributed by atoms with Crippen molar-refractivity contribution < 1.29 is 19.4 Å². The summed E-state index contributed by atoms with van der Waals surface area (Å²) in [5.41, 5.74) is 4.34. The van der Waals surface area contributed by atoms with E-state index < -0.39 is 5.97 Å². The number of nitriles is 1. The number of benzene rings is 2. The van der Waals surface area contributed by atoms with Gasteiger partial charge in [-0.15, -0.1) is 0 Å². The lowest BCUT2D eigenvalue weighted by Crippen LogP contribution is -2.27. The molecule has 2 heterocycles. The van der Waals surface area contributed by atoms with E-state index in [1.165, 1.54) is 6.08 Å². The van der Waals surface area contributed by atoms with Crippen LogP contribution in [0, 0.1) is 17.2 Å². The Labute approximate surface area is 201 Å². The SMILES string of the molecule is N#Cc1ccc(CC=CC(=O)O)c(NC(=O)[C@@H]2C[C@]23CCOc2ccc(-c4ccnnc4)cc23)c1. The number of aliphatic carboxylic acids is 1. The van der Waals surface area contributed by atoms with Gasteiger partial charge in [0.05, 0.1) is 30.6 Å². The van der Waals surface area contributed by atoms with Crippen LogP contribution in [0.2, 0.25) is 0 Å². The first-order valence-corrected chi connectivity index (χ1v) is 11.3. The van der Waals surface area contributed by atoms with Crippen LogP contribution in [-0.4, -0.2) is 33.8 Å². The highest BCUT2D eigenvalue weighted by atomic mass is 16.5. The fraction of sp³-hybridized carbons (Fsp3) is 0.222. The van der Waals surface area contributed by atoms with Crippen LogP contribution in [0.3, 0.4) is 0 Å². The molecule has 0 unspecified atom stereocenters. The molecular formula is C27H22N4O4. The number of aromatic nitrogens is 2. The van der Waals surface area contributed by atoms with Crippen molar-refractivity contribution in [2.75, 3.05) is 11.9 Å². The number of fused-ring (bicyclic) bond motifs is 2. The molecule has 1 aliphatic heterocycles. The molecule has 1 aliphatic carbocycles. The summed E-state index contributed by atoms with van der Waals surface area (Å²) in [6.07, 6.45) is 7.70. The molecule has 1 fully saturated rings. The lowest BCUT2D eigenvalue weighted by atomic mass is 9.85. The van der Waals surface area contributed by atoms with Crippen molar-refractivity contribution in [2.45, 2.75) is 24.7 Å². The van der Waals surface area contributed by atoms with E-state index in [1.54, 1.807) is 30.6 Å². The van der Waals surface area contributed by atoms with Gasteiger partial charge in [-0.25, -0.2) is 4.79 Å². The molecule has 5 rings (SSSR count). The molecule has 8 nitrogen and oxygen atoms in total. The highest BCUT2D eigenvalue weighted by molar-refractivity contribution is 5.97. The van der Waals surface area contributed by atoms with Crippen LogP contribution in [0.4, 0.5) is 5.69 Å². The summed E-state index contributed by atoms with van der Waals surface area (Å²) in [5, 5.41) is 29.0. The molecule has 1 saturated carbocycles. The van der Waals surface area contributed by atoms with Gasteiger partial charge in [-0.2, -0.15) is 15.5 Å². The van der Waals surface area contributed by atoms with E-state index in [0.717, 1.165) is 40.5 Å². The van der Waals surface area contributed by atoms with Gasteiger partial charge in [0.25, 0.3) is 0 Å². The Morgan fingerprint density at radius 1 is 1.20 bits per heavy atom. The Kier molecular flexibility index (Phi) is 5.75. The van der Waals surface area contributed by atoms with E-state index in [1.807, 2.05) is 18.2 Å². The minimum Gasteiger partial charge on any atom is -0.493 e. The second kappa shape index (κ2) is 9.03. The standard InChI is InChI=1S/C27H22N4O4/c28-15-17-4-5-18(2-1-3-25(32)33)23(12-17)31-26(34)22-14-27(22)9-11-35-24-7-6-19(13-21(24)27)20-8-10-29-30-16-20/h1,3-8,10,12-13,16,22H,2,9,11,14H2,(H,31,34)(H,32,33)/t22-,27-/m0/s1. The van der Waals surface area contributed by atoms with Gasteiger partial charge in [0.15, 0.2) is 0 Å². The minimum absolute atomic E-state index is 0.118. The van der Waals surface area contributed by atoms with Gasteiger partial charge in [-0.1, -0.05) is 18.2 Å². The molecule has 1 aromatic heterocycles. The number of hydrogen-bond donors (Lipinski definition) is 2. The number of nitrogens with zero attached hydrogens (tertiary/aromatic N) is 3. The number of amides is 1. The first kappa shape index (κ1) is 22.3. The second-order valence-corrected chi connectivity index (χ2v) is 8.77. The summed E-state index contributed by atoms with van der Waals surface area (Å²) in [6.45, 7) is 0.544. The maximum Gasteiger partial charge on any atom is 0.327 e. The molecule has 0 saturated heterocycles. The quantitative estimate of drug-likeness (QED) is 0.528. The zero-order valence-electron chi connectivity index (χ0n) is 18.8. The number of allylic oxidation sites excluding steroid dienone is 1. The second-order valence-electron chi connectivity index (χ2n) is 8.77. The van der Waals surface area contributed by atoms with Crippen molar-refractivity contribution in [3.8, 4) is 22.9 Å². The summed E-state index contributed by atoms with van der Waals surface area (Å²) >= 11 is 0. The third kappa shape index (κ3) is 4.36. The average Bonchev–Trinajstić information content (AvgIpc) is 3.60. The van der Waals surface area contributed by atoms with Gasteiger partial charge >= 0.3 is 5.97 Å². The van der Waals surface area contributed by atoms with Crippen molar-refractivity contribution in [1.82, 2.24) is 10.2 Å². The Morgan fingerprint density at radius 2 is 2.09 bits per heavy atom. The van der Waals surface area contributed by atoms with E-state index in [4.69, 9.17) is 9.84 Å². The van der Waals surface area contributed by atoms with Crippen LogP contribution in [0.1, 0.15) is 29.5 Å². The number of rotatable bonds is 6. The topological polar surface area (TPSA) is 125 Å². The van der Waals surface area contributed by atoms with E-state index in [0.29, 0.717) is 30.7 Å². The molecule has 2 aliphatic rings. The van der Waals surface area contributed by atoms with Crippen molar-refractivity contribution in [2.24, 2.45) is 5.92 Å². The van der Waals surface area contributed by atoms with Crippen molar-refractivity contribution in [1.29, 1.82) is 5.26 Å². The molecule has 1 spiro atoms. The number of anilines is 1. The number of carboxylic acids is 1.